The summed E-state index contributed by atoms with van der Waals surface area (Å²) in [6, 6.07) is 2.14. The molecule has 1 aromatic carbocycles. The monoisotopic (exact) mass is 317 g/mol. The third kappa shape index (κ3) is 1.90. The average Bonchev–Trinajstić information content (AvgIpc) is 2.88. The van der Waals surface area contributed by atoms with Crippen LogP contribution in [0.25, 0.3) is 0 Å². The first-order valence-electron chi connectivity index (χ1n) is 8.31. The number of hydrogen-bond acceptors (Lipinski definition) is 5. The molecule has 1 spiro atoms. The molecule has 0 amide bonds. The number of ether oxygens (including phenoxy) is 1. The fraction of sp³-hybridized carbons (Fsp3) is 0.611. The van der Waals surface area contributed by atoms with Crippen molar-refractivity contribution in [3.05, 3.63) is 22.8 Å². The van der Waals surface area contributed by atoms with Gasteiger partial charge in [-0.2, -0.15) is 0 Å². The lowest BCUT2D eigenvalue weighted by atomic mass is 9.67. The number of phenolic OH excluding ortho intramolecular Hbond substituents is 1. The number of phenols is 1. The van der Waals surface area contributed by atoms with Crippen LogP contribution in [0.15, 0.2) is 6.07 Å². The Morgan fingerprint density at radius 3 is 2.87 bits per heavy atom. The van der Waals surface area contributed by atoms with Gasteiger partial charge in [0.25, 0.3) is 0 Å². The van der Waals surface area contributed by atoms with Gasteiger partial charge in [0.2, 0.25) is 0 Å². The van der Waals surface area contributed by atoms with Crippen LogP contribution in [0.5, 0.6) is 11.5 Å². The van der Waals surface area contributed by atoms with Crippen LogP contribution < -0.4 is 4.74 Å². The number of aromatic hydroxyl groups is 1. The second-order valence-corrected chi connectivity index (χ2v) is 7.24. The molecule has 5 heteroatoms. The first-order valence-corrected chi connectivity index (χ1v) is 8.31. The third-order valence-electron chi connectivity index (χ3n) is 6.17. The van der Waals surface area contributed by atoms with E-state index in [9.17, 15) is 15.0 Å². The minimum atomic E-state index is -0.732. The van der Waals surface area contributed by atoms with Gasteiger partial charge in [-0.1, -0.05) is 0 Å². The number of carbonyl (C=O) groups is 1. The van der Waals surface area contributed by atoms with Crippen LogP contribution in [0, 0.1) is 0 Å². The Hall–Kier alpha value is -1.59. The summed E-state index contributed by atoms with van der Waals surface area (Å²) in [6.07, 6.45) is 2.20. The lowest BCUT2D eigenvalue weighted by Gasteiger charge is -2.39. The van der Waals surface area contributed by atoms with Crippen molar-refractivity contribution in [3.63, 3.8) is 0 Å². The molecule has 0 radical (unpaired) electrons. The van der Waals surface area contributed by atoms with Crippen molar-refractivity contribution in [2.24, 2.45) is 0 Å². The van der Waals surface area contributed by atoms with Crippen LogP contribution in [-0.4, -0.2) is 47.7 Å². The maximum Gasteiger partial charge on any atom is 0.161 e. The fourth-order valence-electron chi connectivity index (χ4n) is 4.91. The van der Waals surface area contributed by atoms with Gasteiger partial charge in [0, 0.05) is 36.4 Å². The summed E-state index contributed by atoms with van der Waals surface area (Å²) in [5.41, 5.74) is 2.67. The van der Waals surface area contributed by atoms with E-state index in [0.717, 1.165) is 30.5 Å². The van der Waals surface area contributed by atoms with Gasteiger partial charge in [-0.3, -0.25) is 9.69 Å². The van der Waals surface area contributed by atoms with Crippen molar-refractivity contribution in [1.82, 2.24) is 4.90 Å². The maximum absolute atomic E-state index is 11.8. The highest BCUT2D eigenvalue weighted by Gasteiger charge is 2.55. The molecule has 1 heterocycles. The number of methoxy groups -OCH3 is 1. The number of Topliss-reactive ketones (excluding diaryl/α,β-unsaturated/α-hetero) is 1. The standard InChI is InChI=1S/C18H23NO4/c1-19-6-4-10-7-13(23-2)17(22)16-15(10)12(19)9-18(16)5-3-11(20)8-14(18)21/h7,12,14,21-22H,3-6,8-9H2,1-2H3/t12-,14+,18-/m0/s1. The predicted molar refractivity (Wildman–Crippen MR) is 84.9 cm³/mol. The molecule has 3 atom stereocenters. The average molecular weight is 317 g/mol. The number of likely N-dealkylation sites (N-methyl/N-ethyl adjacent to an activating group) is 1. The number of carbonyl (C=O) groups excluding carboxylic acids is 1. The summed E-state index contributed by atoms with van der Waals surface area (Å²) in [5, 5.41) is 21.6. The first kappa shape index (κ1) is 15.0. The van der Waals surface area contributed by atoms with Gasteiger partial charge in [-0.15, -0.1) is 0 Å². The van der Waals surface area contributed by atoms with Crippen LogP contribution in [0.1, 0.15) is 48.4 Å². The number of aliphatic hydroxyl groups is 1. The van der Waals surface area contributed by atoms with Crippen molar-refractivity contribution in [1.29, 1.82) is 0 Å². The summed E-state index contributed by atoms with van der Waals surface area (Å²) >= 11 is 0. The number of benzene rings is 1. The van der Waals surface area contributed by atoms with Crippen LogP contribution in [-0.2, 0) is 16.6 Å². The molecule has 1 aliphatic heterocycles. The van der Waals surface area contributed by atoms with E-state index in [1.165, 1.54) is 5.56 Å². The Kier molecular flexibility index (Phi) is 3.22. The van der Waals surface area contributed by atoms with Gasteiger partial charge in [-0.25, -0.2) is 0 Å². The quantitative estimate of drug-likeness (QED) is 0.825. The molecular weight excluding hydrogens is 294 g/mol. The molecule has 23 heavy (non-hydrogen) atoms. The molecule has 2 N–H and O–H groups in total. The molecule has 124 valence electrons. The molecule has 1 saturated carbocycles. The molecule has 3 aliphatic rings. The SMILES string of the molecule is COc1cc2c3c(c1O)[C@@]1(CCC(=O)C[C@H]1O)C[C@@H]3N(C)CC2. The normalized spacial score (nSPS) is 33.1. The zero-order valence-electron chi connectivity index (χ0n) is 13.6. The van der Waals surface area contributed by atoms with Crippen molar-refractivity contribution in [2.75, 3.05) is 20.7 Å². The minimum Gasteiger partial charge on any atom is -0.504 e. The third-order valence-corrected chi connectivity index (χ3v) is 6.17. The molecule has 0 saturated heterocycles. The second-order valence-electron chi connectivity index (χ2n) is 7.24. The second kappa shape index (κ2) is 4.95. The predicted octanol–water partition coefficient (Wildman–Crippen LogP) is 1.69. The Morgan fingerprint density at radius 1 is 1.39 bits per heavy atom. The number of ketones is 1. The molecule has 0 aromatic heterocycles. The van der Waals surface area contributed by atoms with Crippen LogP contribution >= 0.6 is 0 Å². The van der Waals surface area contributed by atoms with E-state index in [4.69, 9.17) is 4.74 Å². The largest absolute Gasteiger partial charge is 0.504 e. The number of fused-ring (bicyclic) bond motifs is 1. The lowest BCUT2D eigenvalue weighted by molar-refractivity contribution is -0.126. The van der Waals surface area contributed by atoms with Crippen LogP contribution in [0.3, 0.4) is 0 Å². The van der Waals surface area contributed by atoms with Gasteiger partial charge in [0.1, 0.15) is 5.78 Å². The van der Waals surface area contributed by atoms with Crippen molar-refractivity contribution < 1.29 is 19.7 Å². The van der Waals surface area contributed by atoms with Gasteiger partial charge in [-0.05, 0) is 43.5 Å². The zero-order valence-corrected chi connectivity index (χ0v) is 13.6. The molecule has 2 aliphatic carbocycles. The van der Waals surface area contributed by atoms with E-state index in [1.54, 1.807) is 7.11 Å². The highest BCUT2D eigenvalue weighted by atomic mass is 16.5. The number of aliphatic hydroxyl groups excluding tert-OH is 1. The van der Waals surface area contributed by atoms with Gasteiger partial charge in [0.05, 0.1) is 13.2 Å². The highest BCUT2D eigenvalue weighted by molar-refractivity contribution is 5.81. The number of nitrogens with zero attached hydrogens (tertiary/aromatic N) is 1. The zero-order chi connectivity index (χ0) is 16.4. The Balaban J connectivity index is 1.96. The molecule has 0 unspecified atom stereocenters. The van der Waals surface area contributed by atoms with E-state index in [-0.39, 0.29) is 24.0 Å². The van der Waals surface area contributed by atoms with Crippen LogP contribution in [0.4, 0.5) is 0 Å². The number of rotatable bonds is 1. The summed E-state index contributed by atoms with van der Waals surface area (Å²) in [6.45, 7) is 0.955. The van der Waals surface area contributed by atoms with Crippen molar-refractivity contribution in [3.8, 4) is 11.5 Å². The van der Waals surface area contributed by atoms with E-state index < -0.39 is 11.5 Å². The molecular formula is C18H23NO4. The Labute approximate surface area is 135 Å². The molecule has 0 bridgehead atoms. The molecule has 4 rings (SSSR count). The molecule has 5 nitrogen and oxygen atoms in total. The number of hydrogen-bond donors (Lipinski definition) is 2. The topological polar surface area (TPSA) is 70.0 Å². The lowest BCUT2D eigenvalue weighted by Crippen LogP contribution is -2.44. The highest BCUT2D eigenvalue weighted by Crippen LogP contribution is 2.60. The van der Waals surface area contributed by atoms with E-state index in [0.29, 0.717) is 18.6 Å². The van der Waals surface area contributed by atoms with Gasteiger partial charge < -0.3 is 14.9 Å². The van der Waals surface area contributed by atoms with Gasteiger partial charge in [0.15, 0.2) is 11.5 Å². The van der Waals surface area contributed by atoms with Crippen molar-refractivity contribution in [2.45, 2.75) is 49.7 Å². The summed E-state index contributed by atoms with van der Waals surface area (Å²) in [7, 11) is 3.65. The minimum absolute atomic E-state index is 0.110. The summed E-state index contributed by atoms with van der Waals surface area (Å²) in [4.78, 5) is 14.1. The van der Waals surface area contributed by atoms with E-state index in [1.807, 2.05) is 6.07 Å². The Morgan fingerprint density at radius 2 is 2.17 bits per heavy atom. The fourth-order valence-corrected chi connectivity index (χ4v) is 4.91. The Bertz CT molecular complexity index is 686. The maximum atomic E-state index is 11.8. The van der Waals surface area contributed by atoms with E-state index in [2.05, 4.69) is 11.9 Å². The first-order chi connectivity index (χ1) is 11.0. The van der Waals surface area contributed by atoms with Gasteiger partial charge >= 0.3 is 0 Å². The van der Waals surface area contributed by atoms with Crippen LogP contribution in [0.2, 0.25) is 0 Å². The smallest absolute Gasteiger partial charge is 0.161 e. The summed E-state index contributed by atoms with van der Waals surface area (Å²) < 4.78 is 5.38. The molecule has 1 fully saturated rings. The van der Waals surface area contributed by atoms with E-state index >= 15 is 0 Å². The summed E-state index contributed by atoms with van der Waals surface area (Å²) in [5.74, 6) is 0.740. The molecule has 1 aromatic rings. The van der Waals surface area contributed by atoms with Crippen molar-refractivity contribution >= 4 is 5.78 Å².